The van der Waals surface area contributed by atoms with Crippen molar-refractivity contribution in [3.8, 4) is 0 Å². The van der Waals surface area contributed by atoms with Crippen LogP contribution in [0.4, 0.5) is 0 Å². The third-order valence-electron chi connectivity index (χ3n) is 2.91. The van der Waals surface area contributed by atoms with E-state index < -0.39 is 0 Å². The van der Waals surface area contributed by atoms with Crippen LogP contribution >= 0.6 is 15.9 Å². The first-order valence-electron chi connectivity index (χ1n) is 5.54. The molecule has 3 heterocycles. The molecule has 0 unspecified atom stereocenters. The van der Waals surface area contributed by atoms with E-state index in [-0.39, 0.29) is 0 Å². The summed E-state index contributed by atoms with van der Waals surface area (Å²) in [5.74, 6) is 0.917. The molecule has 0 N–H and O–H groups in total. The molecular weight excluding hydrogens is 268 g/mol. The summed E-state index contributed by atoms with van der Waals surface area (Å²) < 4.78 is 2.87. The second-order valence-corrected chi connectivity index (χ2v) is 5.07. The van der Waals surface area contributed by atoms with E-state index in [1.807, 2.05) is 22.8 Å². The van der Waals surface area contributed by atoms with E-state index in [1.165, 1.54) is 25.9 Å². The van der Waals surface area contributed by atoms with Gasteiger partial charge in [0.15, 0.2) is 11.5 Å². The summed E-state index contributed by atoms with van der Waals surface area (Å²) in [6, 6.07) is 3.96. The van der Waals surface area contributed by atoms with Gasteiger partial charge in [-0.25, -0.2) is 9.50 Å². The van der Waals surface area contributed by atoms with Crippen molar-refractivity contribution in [2.75, 3.05) is 13.1 Å². The Morgan fingerprint density at radius 1 is 1.31 bits per heavy atom. The Bertz CT molecular complexity index is 502. The number of likely N-dealkylation sites (tertiary alicyclic amines) is 1. The highest BCUT2D eigenvalue weighted by molar-refractivity contribution is 9.10. The van der Waals surface area contributed by atoms with Gasteiger partial charge in [-0.1, -0.05) is 15.9 Å². The lowest BCUT2D eigenvalue weighted by atomic mass is 10.4. The molecule has 4 nitrogen and oxygen atoms in total. The molecule has 2 aromatic rings. The molecule has 1 aliphatic rings. The van der Waals surface area contributed by atoms with Crippen molar-refractivity contribution in [1.29, 1.82) is 0 Å². The summed E-state index contributed by atoms with van der Waals surface area (Å²) in [6.45, 7) is 3.23. The van der Waals surface area contributed by atoms with Gasteiger partial charge >= 0.3 is 0 Å². The number of hydrogen-bond acceptors (Lipinski definition) is 3. The van der Waals surface area contributed by atoms with Gasteiger partial charge in [-0.3, -0.25) is 4.90 Å². The molecule has 0 aromatic carbocycles. The molecular formula is C11H13BrN4. The Labute approximate surface area is 102 Å². The molecule has 3 rings (SSSR count). The van der Waals surface area contributed by atoms with Crippen LogP contribution in [0.2, 0.25) is 0 Å². The molecule has 2 aromatic heterocycles. The number of rotatable bonds is 2. The molecule has 0 bridgehead atoms. The zero-order valence-electron chi connectivity index (χ0n) is 8.93. The topological polar surface area (TPSA) is 33.4 Å². The van der Waals surface area contributed by atoms with Crippen LogP contribution < -0.4 is 0 Å². The van der Waals surface area contributed by atoms with Crippen molar-refractivity contribution < 1.29 is 0 Å². The van der Waals surface area contributed by atoms with Crippen molar-refractivity contribution >= 4 is 21.6 Å². The molecule has 5 heteroatoms. The van der Waals surface area contributed by atoms with Gasteiger partial charge in [-0.05, 0) is 38.1 Å². The van der Waals surface area contributed by atoms with Gasteiger partial charge in [-0.15, -0.1) is 5.10 Å². The average Bonchev–Trinajstić information content (AvgIpc) is 2.86. The Morgan fingerprint density at radius 3 is 2.94 bits per heavy atom. The van der Waals surface area contributed by atoms with Crippen molar-refractivity contribution in [2.24, 2.45) is 0 Å². The summed E-state index contributed by atoms with van der Waals surface area (Å²) in [5.41, 5.74) is 0.906. The minimum atomic E-state index is 0.874. The molecule has 0 radical (unpaired) electrons. The summed E-state index contributed by atoms with van der Waals surface area (Å²) in [4.78, 5) is 6.92. The van der Waals surface area contributed by atoms with E-state index in [4.69, 9.17) is 0 Å². The van der Waals surface area contributed by atoms with Crippen LogP contribution in [0.1, 0.15) is 18.7 Å². The Morgan fingerprint density at radius 2 is 2.12 bits per heavy atom. The van der Waals surface area contributed by atoms with Gasteiger partial charge in [0, 0.05) is 10.7 Å². The lowest BCUT2D eigenvalue weighted by Gasteiger charge is -2.10. The highest BCUT2D eigenvalue weighted by Crippen LogP contribution is 2.14. The molecule has 1 saturated heterocycles. The molecule has 0 amide bonds. The quantitative estimate of drug-likeness (QED) is 0.845. The van der Waals surface area contributed by atoms with Crippen molar-refractivity contribution in [3.63, 3.8) is 0 Å². The molecule has 16 heavy (non-hydrogen) atoms. The van der Waals surface area contributed by atoms with E-state index in [0.29, 0.717) is 0 Å². The molecule has 0 atom stereocenters. The lowest BCUT2D eigenvalue weighted by Crippen LogP contribution is -2.19. The zero-order chi connectivity index (χ0) is 11.0. The summed E-state index contributed by atoms with van der Waals surface area (Å²) >= 11 is 3.44. The van der Waals surface area contributed by atoms with Crippen molar-refractivity contribution in [3.05, 3.63) is 28.6 Å². The van der Waals surface area contributed by atoms with E-state index >= 15 is 0 Å². The first kappa shape index (κ1) is 10.2. The minimum absolute atomic E-state index is 0.874. The van der Waals surface area contributed by atoms with Gasteiger partial charge in [0.25, 0.3) is 0 Å². The minimum Gasteiger partial charge on any atom is -0.296 e. The largest absolute Gasteiger partial charge is 0.296 e. The number of aromatic nitrogens is 3. The fourth-order valence-electron chi connectivity index (χ4n) is 2.11. The predicted molar refractivity (Wildman–Crippen MR) is 65.2 cm³/mol. The third kappa shape index (κ3) is 1.97. The SMILES string of the molecule is Brc1ccn2nc(CN3CCCC3)nc2c1. The van der Waals surface area contributed by atoms with E-state index in [2.05, 4.69) is 30.9 Å². The fraction of sp³-hybridized carbons (Fsp3) is 0.455. The van der Waals surface area contributed by atoms with E-state index in [0.717, 1.165) is 22.5 Å². The second-order valence-electron chi connectivity index (χ2n) is 4.16. The summed E-state index contributed by atoms with van der Waals surface area (Å²) in [6.07, 6.45) is 4.54. The summed E-state index contributed by atoms with van der Waals surface area (Å²) in [7, 11) is 0. The molecule has 84 valence electrons. The van der Waals surface area contributed by atoms with Crippen LogP contribution in [-0.2, 0) is 6.54 Å². The van der Waals surface area contributed by atoms with E-state index in [9.17, 15) is 0 Å². The van der Waals surface area contributed by atoms with E-state index in [1.54, 1.807) is 0 Å². The predicted octanol–water partition coefficient (Wildman–Crippen LogP) is 2.09. The van der Waals surface area contributed by atoms with Crippen molar-refractivity contribution in [1.82, 2.24) is 19.5 Å². The molecule has 0 spiro atoms. The molecule has 0 aliphatic carbocycles. The number of hydrogen-bond donors (Lipinski definition) is 0. The van der Waals surface area contributed by atoms with Gasteiger partial charge in [-0.2, -0.15) is 0 Å². The number of pyridine rings is 1. The maximum absolute atomic E-state index is 4.52. The van der Waals surface area contributed by atoms with Crippen LogP contribution in [0.3, 0.4) is 0 Å². The maximum atomic E-state index is 4.52. The van der Waals surface area contributed by atoms with Crippen molar-refractivity contribution in [2.45, 2.75) is 19.4 Å². The normalized spacial score (nSPS) is 17.3. The maximum Gasteiger partial charge on any atom is 0.165 e. The first-order chi connectivity index (χ1) is 7.81. The summed E-state index contributed by atoms with van der Waals surface area (Å²) in [5, 5.41) is 4.46. The molecule has 1 aliphatic heterocycles. The number of nitrogens with zero attached hydrogens (tertiary/aromatic N) is 4. The second kappa shape index (κ2) is 4.14. The lowest BCUT2D eigenvalue weighted by molar-refractivity contribution is 0.322. The highest BCUT2D eigenvalue weighted by Gasteiger charge is 2.14. The van der Waals surface area contributed by atoms with Gasteiger partial charge in [0.1, 0.15) is 0 Å². The Hall–Kier alpha value is -0.940. The van der Waals surface area contributed by atoms with Gasteiger partial charge < -0.3 is 0 Å². The zero-order valence-corrected chi connectivity index (χ0v) is 10.5. The van der Waals surface area contributed by atoms with Crippen LogP contribution in [0, 0.1) is 0 Å². The number of halogens is 1. The van der Waals surface area contributed by atoms with Crippen LogP contribution in [0.15, 0.2) is 22.8 Å². The van der Waals surface area contributed by atoms with Crippen LogP contribution in [-0.4, -0.2) is 32.6 Å². The number of fused-ring (bicyclic) bond motifs is 1. The molecule has 1 fully saturated rings. The first-order valence-corrected chi connectivity index (χ1v) is 6.34. The fourth-order valence-corrected chi connectivity index (χ4v) is 2.43. The standard InChI is InChI=1S/C11H13BrN4/c12-9-3-6-16-11(7-9)13-10(14-16)8-15-4-1-2-5-15/h3,6-7H,1-2,4-5,8H2. The molecule has 0 saturated carbocycles. The monoisotopic (exact) mass is 280 g/mol. The van der Waals surface area contributed by atoms with Crippen LogP contribution in [0.25, 0.3) is 5.65 Å². The smallest absolute Gasteiger partial charge is 0.165 e. The van der Waals surface area contributed by atoms with Gasteiger partial charge in [0.05, 0.1) is 6.54 Å². The third-order valence-corrected chi connectivity index (χ3v) is 3.40. The average molecular weight is 281 g/mol. The van der Waals surface area contributed by atoms with Crippen LogP contribution in [0.5, 0.6) is 0 Å². The Kier molecular flexibility index (Phi) is 2.65. The Balaban J connectivity index is 1.86. The highest BCUT2D eigenvalue weighted by atomic mass is 79.9. The van der Waals surface area contributed by atoms with Gasteiger partial charge in [0.2, 0.25) is 0 Å².